The molecule has 1 fully saturated rings. The van der Waals surface area contributed by atoms with Crippen LogP contribution < -0.4 is 10.5 Å². The third-order valence-electron chi connectivity index (χ3n) is 4.73. The summed E-state index contributed by atoms with van der Waals surface area (Å²) in [4.78, 5) is 14.2. The monoisotopic (exact) mass is 382 g/mol. The first-order valence-electron chi connectivity index (χ1n) is 9.87. The van der Waals surface area contributed by atoms with Gasteiger partial charge in [-0.25, -0.2) is 4.79 Å². The summed E-state index contributed by atoms with van der Waals surface area (Å²) < 4.78 is 11.7. The van der Waals surface area contributed by atoms with E-state index in [0.717, 1.165) is 36.3 Å². The summed E-state index contributed by atoms with van der Waals surface area (Å²) in [5, 5.41) is 0. The van der Waals surface area contributed by atoms with Crippen LogP contribution in [0.2, 0.25) is 0 Å². The molecule has 0 bridgehead atoms. The number of nitrogens with two attached hydrogens (primary N) is 1. The van der Waals surface area contributed by atoms with Gasteiger partial charge in [-0.1, -0.05) is 30.3 Å². The van der Waals surface area contributed by atoms with E-state index in [1.165, 1.54) is 0 Å². The van der Waals surface area contributed by atoms with Crippen LogP contribution in [0.3, 0.4) is 0 Å². The molecule has 28 heavy (non-hydrogen) atoms. The first kappa shape index (κ1) is 20.1. The molecule has 0 aliphatic carbocycles. The van der Waals surface area contributed by atoms with E-state index in [2.05, 4.69) is 0 Å². The van der Waals surface area contributed by atoms with Gasteiger partial charge in [0, 0.05) is 30.3 Å². The zero-order valence-electron chi connectivity index (χ0n) is 17.0. The Hall–Kier alpha value is -2.69. The van der Waals surface area contributed by atoms with Gasteiger partial charge >= 0.3 is 6.09 Å². The molecule has 0 spiro atoms. The van der Waals surface area contributed by atoms with Crippen molar-refractivity contribution in [3.8, 4) is 16.9 Å². The van der Waals surface area contributed by atoms with Gasteiger partial charge < -0.3 is 20.1 Å². The number of carbonyl (C=O) groups is 1. The Morgan fingerprint density at radius 2 is 1.93 bits per heavy atom. The molecule has 1 amide bonds. The van der Waals surface area contributed by atoms with Gasteiger partial charge in [0.05, 0.1) is 6.61 Å². The highest BCUT2D eigenvalue weighted by molar-refractivity contribution is 5.73. The quantitative estimate of drug-likeness (QED) is 0.759. The second-order valence-corrected chi connectivity index (χ2v) is 8.37. The van der Waals surface area contributed by atoms with Gasteiger partial charge in [-0.05, 0) is 57.4 Å². The second-order valence-electron chi connectivity index (χ2n) is 8.37. The fourth-order valence-corrected chi connectivity index (χ4v) is 3.42. The lowest BCUT2D eigenvalue weighted by Crippen LogP contribution is -2.44. The van der Waals surface area contributed by atoms with Crippen molar-refractivity contribution in [2.45, 2.75) is 39.2 Å². The van der Waals surface area contributed by atoms with E-state index >= 15 is 0 Å². The van der Waals surface area contributed by atoms with E-state index in [4.69, 9.17) is 15.2 Å². The van der Waals surface area contributed by atoms with Crippen LogP contribution in [-0.2, 0) is 4.74 Å². The summed E-state index contributed by atoms with van der Waals surface area (Å²) in [6.45, 7) is 7.63. The van der Waals surface area contributed by atoms with E-state index < -0.39 is 5.60 Å². The molecule has 0 radical (unpaired) electrons. The maximum absolute atomic E-state index is 12.4. The Bertz CT molecular complexity index is 799. The van der Waals surface area contributed by atoms with Crippen LogP contribution in [0.1, 0.15) is 33.6 Å². The van der Waals surface area contributed by atoms with Gasteiger partial charge in [0.25, 0.3) is 0 Å². The minimum Gasteiger partial charge on any atom is -0.493 e. The molecule has 2 aromatic carbocycles. The average molecular weight is 383 g/mol. The molecule has 1 unspecified atom stereocenters. The topological polar surface area (TPSA) is 64.8 Å². The molecule has 1 heterocycles. The van der Waals surface area contributed by atoms with Gasteiger partial charge in [0.2, 0.25) is 0 Å². The summed E-state index contributed by atoms with van der Waals surface area (Å²) in [6.07, 6.45) is 1.75. The van der Waals surface area contributed by atoms with Gasteiger partial charge in [-0.3, -0.25) is 0 Å². The molecular weight excluding hydrogens is 352 g/mol. The van der Waals surface area contributed by atoms with Gasteiger partial charge in [0.15, 0.2) is 0 Å². The molecule has 2 aromatic rings. The number of amides is 1. The fourth-order valence-electron chi connectivity index (χ4n) is 3.42. The Morgan fingerprint density at radius 3 is 2.64 bits per heavy atom. The van der Waals surface area contributed by atoms with E-state index in [0.29, 0.717) is 18.8 Å². The number of rotatable bonds is 4. The predicted octanol–water partition coefficient (Wildman–Crippen LogP) is 4.96. The van der Waals surface area contributed by atoms with Gasteiger partial charge in [0.1, 0.15) is 11.4 Å². The normalized spacial score (nSPS) is 17.2. The van der Waals surface area contributed by atoms with Crippen LogP contribution in [0.5, 0.6) is 5.75 Å². The number of piperidine rings is 1. The minimum absolute atomic E-state index is 0.241. The smallest absolute Gasteiger partial charge is 0.410 e. The summed E-state index contributed by atoms with van der Waals surface area (Å²) in [6, 6.07) is 15.8. The van der Waals surface area contributed by atoms with Gasteiger partial charge in [-0.15, -0.1) is 0 Å². The van der Waals surface area contributed by atoms with Crippen LogP contribution in [0.25, 0.3) is 11.1 Å². The Labute approximate surface area is 167 Å². The second kappa shape index (κ2) is 8.55. The van der Waals surface area contributed by atoms with Crippen molar-refractivity contribution >= 4 is 11.8 Å². The first-order valence-corrected chi connectivity index (χ1v) is 9.87. The number of hydrogen-bond acceptors (Lipinski definition) is 4. The minimum atomic E-state index is -0.477. The fraction of sp³-hybridized carbons (Fsp3) is 0.435. The zero-order valence-corrected chi connectivity index (χ0v) is 17.0. The number of benzene rings is 2. The number of hydrogen-bond donors (Lipinski definition) is 1. The molecule has 3 rings (SSSR count). The third-order valence-corrected chi connectivity index (χ3v) is 4.73. The maximum atomic E-state index is 12.4. The van der Waals surface area contributed by atoms with Crippen LogP contribution in [0, 0.1) is 5.92 Å². The van der Waals surface area contributed by atoms with Crippen LogP contribution in [0.4, 0.5) is 10.5 Å². The van der Waals surface area contributed by atoms with Crippen LogP contribution >= 0.6 is 0 Å². The lowest BCUT2D eigenvalue weighted by molar-refractivity contribution is 0.0139. The van der Waals surface area contributed by atoms with Crippen LogP contribution in [0.15, 0.2) is 48.5 Å². The van der Waals surface area contributed by atoms with Crippen molar-refractivity contribution in [3.05, 3.63) is 48.5 Å². The van der Waals surface area contributed by atoms with Crippen molar-refractivity contribution in [2.75, 3.05) is 25.4 Å². The Morgan fingerprint density at radius 1 is 1.18 bits per heavy atom. The van der Waals surface area contributed by atoms with E-state index in [9.17, 15) is 4.79 Å². The Kier molecular flexibility index (Phi) is 6.12. The number of nitrogens with zero attached hydrogens (tertiary/aromatic N) is 1. The van der Waals surface area contributed by atoms with E-state index in [1.54, 1.807) is 4.90 Å². The van der Waals surface area contributed by atoms with E-state index in [1.807, 2.05) is 69.3 Å². The van der Waals surface area contributed by atoms with Crippen molar-refractivity contribution in [2.24, 2.45) is 5.92 Å². The molecule has 1 atom stereocenters. The third kappa shape index (κ3) is 5.41. The number of carbonyl (C=O) groups excluding carboxylic acids is 1. The predicted molar refractivity (Wildman–Crippen MR) is 112 cm³/mol. The maximum Gasteiger partial charge on any atom is 0.410 e. The van der Waals surface area contributed by atoms with Crippen molar-refractivity contribution < 1.29 is 14.3 Å². The standard InChI is InChI=1S/C23H30N2O3/c1-23(2,3)28-22(26)25-13-7-8-17(15-25)16-27-21-12-11-19(24)14-20(21)18-9-5-4-6-10-18/h4-6,9-12,14,17H,7-8,13,15-16,24H2,1-3H3. The molecule has 5 heteroatoms. The number of likely N-dealkylation sites (tertiary alicyclic amines) is 1. The summed E-state index contributed by atoms with van der Waals surface area (Å²) in [5.41, 5.74) is 8.28. The van der Waals surface area contributed by atoms with Crippen molar-refractivity contribution in [3.63, 3.8) is 0 Å². The zero-order chi connectivity index (χ0) is 20.1. The number of ether oxygens (including phenoxy) is 2. The average Bonchev–Trinajstić information content (AvgIpc) is 2.66. The molecule has 1 saturated heterocycles. The summed E-state index contributed by atoms with van der Waals surface area (Å²) >= 11 is 0. The molecule has 1 aliphatic heterocycles. The molecular formula is C23H30N2O3. The van der Waals surface area contributed by atoms with E-state index in [-0.39, 0.29) is 12.0 Å². The van der Waals surface area contributed by atoms with Crippen LogP contribution in [-0.4, -0.2) is 36.3 Å². The highest BCUT2D eigenvalue weighted by atomic mass is 16.6. The first-order chi connectivity index (χ1) is 13.3. The molecule has 0 saturated carbocycles. The molecule has 2 N–H and O–H groups in total. The molecule has 1 aliphatic rings. The van der Waals surface area contributed by atoms with Crippen molar-refractivity contribution in [1.29, 1.82) is 0 Å². The SMILES string of the molecule is CC(C)(C)OC(=O)N1CCCC(COc2ccc(N)cc2-c2ccccc2)C1. The van der Waals surface area contributed by atoms with Crippen molar-refractivity contribution in [1.82, 2.24) is 4.90 Å². The molecule has 0 aromatic heterocycles. The lowest BCUT2D eigenvalue weighted by atomic mass is 9.99. The summed E-state index contributed by atoms with van der Waals surface area (Å²) in [5.74, 6) is 1.09. The highest BCUT2D eigenvalue weighted by Gasteiger charge is 2.28. The number of anilines is 1. The highest BCUT2D eigenvalue weighted by Crippen LogP contribution is 2.32. The summed E-state index contributed by atoms with van der Waals surface area (Å²) in [7, 11) is 0. The van der Waals surface area contributed by atoms with Gasteiger partial charge in [-0.2, -0.15) is 0 Å². The largest absolute Gasteiger partial charge is 0.493 e. The lowest BCUT2D eigenvalue weighted by Gasteiger charge is -2.34. The Balaban J connectivity index is 1.65. The molecule has 5 nitrogen and oxygen atoms in total. The molecule has 150 valence electrons. The number of nitrogen functional groups attached to an aromatic ring is 1.